The molecule has 0 unspecified atom stereocenters. The summed E-state index contributed by atoms with van der Waals surface area (Å²) < 4.78 is 1.28. The molecule has 0 saturated heterocycles. The van der Waals surface area contributed by atoms with E-state index in [-0.39, 0.29) is 13.2 Å². The second kappa shape index (κ2) is 4.75. The summed E-state index contributed by atoms with van der Waals surface area (Å²) in [6.07, 6.45) is 1.57. The highest BCUT2D eigenvalue weighted by atomic mass is 16.3. The molecule has 0 radical (unpaired) electrons. The largest absolute Gasteiger partial charge is 0.395 e. The molecule has 0 aromatic carbocycles. The third-order valence-corrected chi connectivity index (χ3v) is 2.28. The predicted octanol–water partition coefficient (Wildman–Crippen LogP) is -0.409. The summed E-state index contributed by atoms with van der Waals surface area (Å²) in [4.78, 5) is 29.1. The molecule has 17 heavy (non-hydrogen) atoms. The van der Waals surface area contributed by atoms with Crippen LogP contribution in [0.2, 0.25) is 0 Å². The fourth-order valence-electron chi connectivity index (χ4n) is 1.57. The molecule has 0 aliphatic rings. The van der Waals surface area contributed by atoms with E-state index < -0.39 is 11.2 Å². The van der Waals surface area contributed by atoms with E-state index in [2.05, 4.69) is 9.97 Å². The second-order valence-corrected chi connectivity index (χ2v) is 3.41. The van der Waals surface area contributed by atoms with E-state index in [0.717, 1.165) is 0 Å². The maximum Gasteiger partial charge on any atom is 0.328 e. The summed E-state index contributed by atoms with van der Waals surface area (Å²) in [7, 11) is 0. The number of nitrogens with zero attached hydrogens (tertiary/aromatic N) is 2. The first kappa shape index (κ1) is 11.3. The number of H-pyrrole nitrogens is 1. The van der Waals surface area contributed by atoms with Crippen LogP contribution in [-0.4, -0.2) is 26.2 Å². The fourth-order valence-corrected chi connectivity index (χ4v) is 1.57. The average molecular weight is 233 g/mol. The quantitative estimate of drug-likeness (QED) is 0.754. The van der Waals surface area contributed by atoms with Gasteiger partial charge >= 0.3 is 5.69 Å². The highest BCUT2D eigenvalue weighted by Gasteiger charge is 2.08. The molecule has 0 aliphatic heterocycles. The van der Waals surface area contributed by atoms with Gasteiger partial charge in [0.25, 0.3) is 5.56 Å². The lowest BCUT2D eigenvalue weighted by molar-refractivity contribution is 0.274. The maximum absolute atomic E-state index is 11.6. The monoisotopic (exact) mass is 233 g/mol. The van der Waals surface area contributed by atoms with E-state index >= 15 is 0 Å². The zero-order valence-corrected chi connectivity index (χ0v) is 8.96. The number of aliphatic hydroxyl groups is 1. The SMILES string of the molecule is O=c1cc(-c2ccccn2)n(CCO)c(=O)[nH]1. The Kier molecular flexibility index (Phi) is 3.15. The van der Waals surface area contributed by atoms with Crippen molar-refractivity contribution in [3.63, 3.8) is 0 Å². The Morgan fingerprint density at radius 3 is 2.82 bits per heavy atom. The fraction of sp³-hybridized carbons (Fsp3) is 0.182. The zero-order chi connectivity index (χ0) is 12.3. The van der Waals surface area contributed by atoms with Crippen molar-refractivity contribution in [3.05, 3.63) is 51.3 Å². The van der Waals surface area contributed by atoms with E-state index in [0.29, 0.717) is 11.4 Å². The minimum absolute atomic E-state index is 0.113. The summed E-state index contributed by atoms with van der Waals surface area (Å²) in [5, 5.41) is 8.91. The van der Waals surface area contributed by atoms with E-state index in [4.69, 9.17) is 5.11 Å². The Bertz CT molecular complexity index is 616. The van der Waals surface area contributed by atoms with Gasteiger partial charge in [-0.1, -0.05) is 6.07 Å². The number of rotatable bonds is 3. The number of aliphatic hydroxyl groups excluding tert-OH is 1. The van der Waals surface area contributed by atoms with Gasteiger partial charge in [0.15, 0.2) is 0 Å². The Morgan fingerprint density at radius 2 is 2.18 bits per heavy atom. The molecule has 0 atom stereocenters. The van der Waals surface area contributed by atoms with E-state index in [9.17, 15) is 9.59 Å². The van der Waals surface area contributed by atoms with Gasteiger partial charge in [-0.15, -0.1) is 0 Å². The molecule has 6 nitrogen and oxygen atoms in total. The van der Waals surface area contributed by atoms with Gasteiger partial charge in [0, 0.05) is 12.3 Å². The smallest absolute Gasteiger partial charge is 0.328 e. The summed E-state index contributed by atoms with van der Waals surface area (Å²) in [5.74, 6) is 0. The van der Waals surface area contributed by atoms with Crippen molar-refractivity contribution in [2.45, 2.75) is 6.54 Å². The van der Waals surface area contributed by atoms with Crippen LogP contribution in [0.4, 0.5) is 0 Å². The molecule has 0 spiro atoms. The van der Waals surface area contributed by atoms with Crippen LogP contribution >= 0.6 is 0 Å². The molecule has 0 saturated carbocycles. The number of nitrogens with one attached hydrogen (secondary N) is 1. The summed E-state index contributed by atoms with van der Waals surface area (Å²) in [5.41, 5.74) is -0.116. The number of hydrogen-bond donors (Lipinski definition) is 2. The zero-order valence-electron chi connectivity index (χ0n) is 8.96. The summed E-state index contributed by atoms with van der Waals surface area (Å²) in [6, 6.07) is 6.49. The van der Waals surface area contributed by atoms with Gasteiger partial charge in [0.05, 0.1) is 24.5 Å². The minimum Gasteiger partial charge on any atom is -0.395 e. The molecule has 2 N–H and O–H groups in total. The second-order valence-electron chi connectivity index (χ2n) is 3.41. The van der Waals surface area contributed by atoms with Crippen molar-refractivity contribution in [2.24, 2.45) is 0 Å². The highest BCUT2D eigenvalue weighted by molar-refractivity contribution is 5.53. The van der Waals surface area contributed by atoms with Crippen molar-refractivity contribution >= 4 is 0 Å². The summed E-state index contributed by atoms with van der Waals surface area (Å²) in [6.45, 7) is -0.0761. The standard InChI is InChI=1S/C11H11N3O3/c15-6-5-14-9(7-10(16)13-11(14)17)8-3-1-2-4-12-8/h1-4,7,15H,5-6H2,(H,13,16,17). The minimum atomic E-state index is -0.549. The molecule has 6 heteroatoms. The Labute approximate surface area is 96.2 Å². The molecular formula is C11H11N3O3. The lowest BCUT2D eigenvalue weighted by Crippen LogP contribution is -2.31. The lowest BCUT2D eigenvalue weighted by Gasteiger charge is -2.09. The van der Waals surface area contributed by atoms with Gasteiger partial charge in [-0.3, -0.25) is 19.3 Å². The normalized spacial score (nSPS) is 10.4. The number of hydrogen-bond acceptors (Lipinski definition) is 4. The molecule has 2 aromatic heterocycles. The van der Waals surface area contributed by atoms with Crippen molar-refractivity contribution in [1.29, 1.82) is 0 Å². The first-order valence-electron chi connectivity index (χ1n) is 5.09. The average Bonchev–Trinajstić information content (AvgIpc) is 2.33. The maximum atomic E-state index is 11.6. The van der Waals surface area contributed by atoms with Crippen molar-refractivity contribution in [3.8, 4) is 11.4 Å². The molecular weight excluding hydrogens is 222 g/mol. The van der Waals surface area contributed by atoms with Crippen LogP contribution < -0.4 is 11.2 Å². The van der Waals surface area contributed by atoms with Gasteiger partial charge in [-0.2, -0.15) is 0 Å². The molecule has 0 aliphatic carbocycles. The van der Waals surface area contributed by atoms with Gasteiger partial charge in [-0.05, 0) is 12.1 Å². The molecule has 2 rings (SSSR count). The van der Waals surface area contributed by atoms with Crippen molar-refractivity contribution in [1.82, 2.24) is 14.5 Å². The van der Waals surface area contributed by atoms with Crippen LogP contribution in [0.3, 0.4) is 0 Å². The van der Waals surface area contributed by atoms with Crippen LogP contribution in [0.1, 0.15) is 0 Å². The number of aromatic nitrogens is 3. The topological polar surface area (TPSA) is 88.0 Å². The van der Waals surface area contributed by atoms with E-state index in [1.165, 1.54) is 10.6 Å². The number of aromatic amines is 1. The van der Waals surface area contributed by atoms with Gasteiger partial charge in [0.2, 0.25) is 0 Å². The predicted molar refractivity (Wildman–Crippen MR) is 61.6 cm³/mol. The number of pyridine rings is 1. The molecule has 0 bridgehead atoms. The molecule has 88 valence electrons. The Hall–Kier alpha value is -2.21. The Balaban J connectivity index is 2.67. The first-order valence-corrected chi connectivity index (χ1v) is 5.09. The van der Waals surface area contributed by atoms with Crippen molar-refractivity contribution in [2.75, 3.05) is 6.61 Å². The van der Waals surface area contributed by atoms with Crippen LogP contribution in [0.5, 0.6) is 0 Å². The third-order valence-electron chi connectivity index (χ3n) is 2.28. The molecule has 2 aromatic rings. The molecule has 0 fully saturated rings. The van der Waals surface area contributed by atoms with Crippen LogP contribution in [0.15, 0.2) is 40.1 Å². The first-order chi connectivity index (χ1) is 8.22. The molecule has 0 amide bonds. The third kappa shape index (κ3) is 2.31. The van der Waals surface area contributed by atoms with Crippen molar-refractivity contribution < 1.29 is 5.11 Å². The van der Waals surface area contributed by atoms with E-state index in [1.807, 2.05) is 0 Å². The Morgan fingerprint density at radius 1 is 1.35 bits per heavy atom. The van der Waals surface area contributed by atoms with Crippen LogP contribution in [0.25, 0.3) is 11.4 Å². The lowest BCUT2D eigenvalue weighted by atomic mass is 10.2. The summed E-state index contributed by atoms with van der Waals surface area (Å²) >= 11 is 0. The highest BCUT2D eigenvalue weighted by Crippen LogP contribution is 2.11. The van der Waals surface area contributed by atoms with E-state index in [1.54, 1.807) is 24.4 Å². The van der Waals surface area contributed by atoms with Crippen LogP contribution in [-0.2, 0) is 6.54 Å². The van der Waals surface area contributed by atoms with Gasteiger partial charge in [0.1, 0.15) is 0 Å². The van der Waals surface area contributed by atoms with Crippen LogP contribution in [0, 0.1) is 0 Å². The van der Waals surface area contributed by atoms with Gasteiger partial charge in [-0.25, -0.2) is 4.79 Å². The molecule has 2 heterocycles. The van der Waals surface area contributed by atoms with Gasteiger partial charge < -0.3 is 5.11 Å².